The summed E-state index contributed by atoms with van der Waals surface area (Å²) >= 11 is 0. The lowest BCUT2D eigenvalue weighted by atomic mass is 9.99. The SMILES string of the molecule is CC1(NCC2(N)CCCC2)CC1. The van der Waals surface area contributed by atoms with Gasteiger partial charge in [0.25, 0.3) is 0 Å². The molecule has 0 heterocycles. The molecule has 0 aromatic heterocycles. The molecule has 2 heteroatoms. The maximum Gasteiger partial charge on any atom is 0.0281 e. The van der Waals surface area contributed by atoms with E-state index in [1.54, 1.807) is 0 Å². The first kappa shape index (κ1) is 8.52. The Bertz CT molecular complexity index is 167. The Morgan fingerprint density at radius 1 is 1.17 bits per heavy atom. The van der Waals surface area contributed by atoms with Gasteiger partial charge in [-0.25, -0.2) is 0 Å². The predicted octanol–water partition coefficient (Wildman–Crippen LogP) is 1.40. The number of nitrogens with one attached hydrogen (secondary N) is 1. The Morgan fingerprint density at radius 3 is 2.25 bits per heavy atom. The van der Waals surface area contributed by atoms with Crippen molar-refractivity contribution in [2.45, 2.75) is 56.5 Å². The minimum Gasteiger partial charge on any atom is -0.324 e. The lowest BCUT2D eigenvalue weighted by Crippen LogP contribution is -2.49. The molecular formula is C10H20N2. The van der Waals surface area contributed by atoms with Gasteiger partial charge in [-0.05, 0) is 32.6 Å². The standard InChI is InChI=1S/C10H20N2/c1-9(6-7-9)12-8-10(11)4-2-3-5-10/h12H,2-8,11H2,1H3. The maximum absolute atomic E-state index is 6.23. The van der Waals surface area contributed by atoms with E-state index in [2.05, 4.69) is 12.2 Å². The summed E-state index contributed by atoms with van der Waals surface area (Å²) in [6, 6.07) is 0. The zero-order valence-corrected chi connectivity index (χ0v) is 8.03. The van der Waals surface area contributed by atoms with Crippen LogP contribution in [0.1, 0.15) is 45.4 Å². The van der Waals surface area contributed by atoms with Crippen molar-refractivity contribution < 1.29 is 0 Å². The van der Waals surface area contributed by atoms with Gasteiger partial charge in [0.1, 0.15) is 0 Å². The summed E-state index contributed by atoms with van der Waals surface area (Å²) in [4.78, 5) is 0. The zero-order chi connectivity index (χ0) is 8.66. The van der Waals surface area contributed by atoms with Gasteiger partial charge in [-0.2, -0.15) is 0 Å². The minimum absolute atomic E-state index is 0.131. The summed E-state index contributed by atoms with van der Waals surface area (Å²) in [5.41, 5.74) is 6.82. The van der Waals surface area contributed by atoms with Gasteiger partial charge in [0.15, 0.2) is 0 Å². The van der Waals surface area contributed by atoms with E-state index in [4.69, 9.17) is 5.73 Å². The van der Waals surface area contributed by atoms with Crippen molar-refractivity contribution in [1.29, 1.82) is 0 Å². The summed E-state index contributed by atoms with van der Waals surface area (Å²) in [6.45, 7) is 3.33. The van der Waals surface area contributed by atoms with E-state index in [9.17, 15) is 0 Å². The average Bonchev–Trinajstić information content (AvgIpc) is 2.60. The smallest absolute Gasteiger partial charge is 0.0281 e. The molecule has 0 atom stereocenters. The van der Waals surface area contributed by atoms with Crippen LogP contribution in [0.3, 0.4) is 0 Å². The topological polar surface area (TPSA) is 38.0 Å². The highest BCUT2D eigenvalue weighted by molar-refractivity contribution is 5.01. The van der Waals surface area contributed by atoms with Crippen LogP contribution in [-0.4, -0.2) is 17.6 Å². The van der Waals surface area contributed by atoms with Crippen molar-refractivity contribution in [2.24, 2.45) is 5.73 Å². The van der Waals surface area contributed by atoms with Gasteiger partial charge in [0.2, 0.25) is 0 Å². The Balaban J connectivity index is 1.78. The normalized spacial score (nSPS) is 30.5. The Morgan fingerprint density at radius 2 is 1.75 bits per heavy atom. The Hall–Kier alpha value is -0.0800. The fourth-order valence-corrected chi connectivity index (χ4v) is 2.01. The maximum atomic E-state index is 6.23. The van der Waals surface area contributed by atoms with E-state index < -0.39 is 0 Å². The Kier molecular flexibility index (Phi) is 1.92. The van der Waals surface area contributed by atoms with E-state index in [1.165, 1.54) is 38.5 Å². The lowest BCUT2D eigenvalue weighted by Gasteiger charge is -2.26. The van der Waals surface area contributed by atoms with E-state index in [1.807, 2.05) is 0 Å². The molecule has 0 amide bonds. The van der Waals surface area contributed by atoms with Gasteiger partial charge < -0.3 is 11.1 Å². The van der Waals surface area contributed by atoms with E-state index in [-0.39, 0.29) is 5.54 Å². The quantitative estimate of drug-likeness (QED) is 0.668. The number of hydrogen-bond donors (Lipinski definition) is 2. The molecule has 3 N–H and O–H groups in total. The molecule has 70 valence electrons. The van der Waals surface area contributed by atoms with Crippen LogP contribution in [-0.2, 0) is 0 Å². The van der Waals surface area contributed by atoms with Crippen molar-refractivity contribution in [3.05, 3.63) is 0 Å². The van der Waals surface area contributed by atoms with Gasteiger partial charge >= 0.3 is 0 Å². The number of nitrogens with two attached hydrogens (primary N) is 1. The molecule has 0 spiro atoms. The molecule has 0 saturated heterocycles. The molecule has 2 rings (SSSR count). The van der Waals surface area contributed by atoms with Gasteiger partial charge in [0, 0.05) is 17.6 Å². The first-order valence-corrected chi connectivity index (χ1v) is 5.16. The fraction of sp³-hybridized carbons (Fsp3) is 1.00. The van der Waals surface area contributed by atoms with Crippen LogP contribution in [0.2, 0.25) is 0 Å². The molecule has 2 aliphatic carbocycles. The van der Waals surface area contributed by atoms with Crippen molar-refractivity contribution in [3.8, 4) is 0 Å². The van der Waals surface area contributed by atoms with Crippen LogP contribution in [0.25, 0.3) is 0 Å². The molecule has 0 bridgehead atoms. The van der Waals surface area contributed by atoms with Crippen molar-refractivity contribution in [1.82, 2.24) is 5.32 Å². The van der Waals surface area contributed by atoms with Gasteiger partial charge in [-0.3, -0.25) is 0 Å². The number of rotatable bonds is 3. The molecule has 2 nitrogen and oxygen atoms in total. The summed E-state index contributed by atoms with van der Waals surface area (Å²) < 4.78 is 0. The van der Waals surface area contributed by atoms with Crippen molar-refractivity contribution in [3.63, 3.8) is 0 Å². The minimum atomic E-state index is 0.131. The third kappa shape index (κ3) is 1.80. The molecule has 0 radical (unpaired) electrons. The third-order valence-electron chi connectivity index (χ3n) is 3.47. The second-order valence-electron chi connectivity index (χ2n) is 4.98. The van der Waals surface area contributed by atoms with Gasteiger partial charge in [0.05, 0.1) is 0 Å². The van der Waals surface area contributed by atoms with Crippen molar-refractivity contribution >= 4 is 0 Å². The first-order valence-electron chi connectivity index (χ1n) is 5.16. The summed E-state index contributed by atoms with van der Waals surface area (Å²) in [7, 11) is 0. The highest BCUT2D eigenvalue weighted by Gasteiger charge is 2.39. The second-order valence-corrected chi connectivity index (χ2v) is 4.98. The second kappa shape index (κ2) is 2.71. The Labute approximate surface area is 74.9 Å². The van der Waals surface area contributed by atoms with Crippen LogP contribution in [0.5, 0.6) is 0 Å². The molecule has 0 unspecified atom stereocenters. The molecule has 12 heavy (non-hydrogen) atoms. The van der Waals surface area contributed by atoms with Crippen LogP contribution in [0.15, 0.2) is 0 Å². The van der Waals surface area contributed by atoms with Crippen LogP contribution < -0.4 is 11.1 Å². The van der Waals surface area contributed by atoms with Crippen LogP contribution >= 0.6 is 0 Å². The van der Waals surface area contributed by atoms with E-state index in [0.29, 0.717) is 5.54 Å². The molecule has 0 aromatic rings. The van der Waals surface area contributed by atoms with Crippen LogP contribution in [0.4, 0.5) is 0 Å². The summed E-state index contributed by atoms with van der Waals surface area (Å²) in [5.74, 6) is 0. The third-order valence-corrected chi connectivity index (χ3v) is 3.47. The summed E-state index contributed by atoms with van der Waals surface area (Å²) in [5, 5.41) is 3.59. The van der Waals surface area contributed by atoms with E-state index >= 15 is 0 Å². The highest BCUT2D eigenvalue weighted by atomic mass is 15.0. The van der Waals surface area contributed by atoms with Crippen LogP contribution in [0, 0.1) is 0 Å². The predicted molar refractivity (Wildman–Crippen MR) is 51.0 cm³/mol. The molecule has 2 saturated carbocycles. The highest BCUT2D eigenvalue weighted by Crippen LogP contribution is 2.35. The van der Waals surface area contributed by atoms with Crippen molar-refractivity contribution in [2.75, 3.05) is 6.54 Å². The van der Waals surface area contributed by atoms with Gasteiger partial charge in [-0.15, -0.1) is 0 Å². The fourth-order valence-electron chi connectivity index (χ4n) is 2.01. The van der Waals surface area contributed by atoms with Gasteiger partial charge in [-0.1, -0.05) is 12.8 Å². The molecular weight excluding hydrogens is 148 g/mol. The number of hydrogen-bond acceptors (Lipinski definition) is 2. The first-order chi connectivity index (χ1) is 5.62. The molecule has 2 fully saturated rings. The molecule has 0 aromatic carbocycles. The zero-order valence-electron chi connectivity index (χ0n) is 8.03. The lowest BCUT2D eigenvalue weighted by molar-refractivity contribution is 0.374. The average molecular weight is 168 g/mol. The summed E-state index contributed by atoms with van der Waals surface area (Å²) in [6.07, 6.45) is 7.77. The monoisotopic (exact) mass is 168 g/mol. The van der Waals surface area contributed by atoms with E-state index in [0.717, 1.165) is 6.54 Å². The largest absolute Gasteiger partial charge is 0.324 e. The molecule has 0 aliphatic heterocycles. The molecule has 2 aliphatic rings.